The van der Waals surface area contributed by atoms with Crippen LogP contribution in [-0.2, 0) is 4.74 Å². The smallest absolute Gasteiger partial charge is 0.408 e. The Hall–Kier alpha value is -0.730. The first kappa shape index (κ1) is 9.81. The van der Waals surface area contributed by atoms with E-state index in [0.717, 1.165) is 18.8 Å². The van der Waals surface area contributed by atoms with E-state index in [2.05, 4.69) is 5.32 Å². The molecule has 2 rings (SSSR count). The van der Waals surface area contributed by atoms with Crippen LogP contribution in [0.2, 0.25) is 0 Å². The van der Waals surface area contributed by atoms with Crippen LogP contribution in [0.1, 0.15) is 46.5 Å². The summed E-state index contributed by atoms with van der Waals surface area (Å²) in [5, 5.41) is 3.02. The molecule has 0 aromatic heterocycles. The molecule has 0 heterocycles. The van der Waals surface area contributed by atoms with E-state index in [0.29, 0.717) is 0 Å². The molecule has 2 saturated carbocycles. The van der Waals surface area contributed by atoms with Crippen molar-refractivity contribution in [2.75, 3.05) is 0 Å². The Kier molecular flexibility index (Phi) is 2.02. The van der Waals surface area contributed by atoms with Crippen LogP contribution in [0.4, 0.5) is 4.79 Å². The van der Waals surface area contributed by atoms with E-state index < -0.39 is 0 Å². The van der Waals surface area contributed by atoms with Gasteiger partial charge < -0.3 is 10.1 Å². The number of hydrogen-bond acceptors (Lipinski definition) is 2. The lowest BCUT2D eigenvalue weighted by Crippen LogP contribution is -2.40. The molecule has 0 aromatic carbocycles. The maximum atomic E-state index is 11.5. The molecule has 2 atom stereocenters. The molecule has 2 unspecified atom stereocenters. The van der Waals surface area contributed by atoms with E-state index in [-0.39, 0.29) is 17.2 Å². The SMILES string of the molecule is CC(C)(C)OC(=O)NC12CCCC1C2. The summed E-state index contributed by atoms with van der Waals surface area (Å²) in [6.45, 7) is 5.68. The highest BCUT2D eigenvalue weighted by Crippen LogP contribution is 2.55. The largest absolute Gasteiger partial charge is 0.444 e. The lowest BCUT2D eigenvalue weighted by Gasteiger charge is -2.22. The number of fused-ring (bicyclic) bond motifs is 1. The Morgan fingerprint density at radius 3 is 2.64 bits per heavy atom. The van der Waals surface area contributed by atoms with Gasteiger partial charge in [-0.15, -0.1) is 0 Å². The molecule has 14 heavy (non-hydrogen) atoms. The molecule has 0 bridgehead atoms. The molecule has 0 aliphatic heterocycles. The Morgan fingerprint density at radius 1 is 1.50 bits per heavy atom. The zero-order valence-electron chi connectivity index (χ0n) is 9.22. The zero-order valence-corrected chi connectivity index (χ0v) is 9.22. The number of rotatable bonds is 1. The maximum absolute atomic E-state index is 11.5. The first-order valence-corrected chi connectivity index (χ1v) is 5.42. The molecule has 3 heteroatoms. The van der Waals surface area contributed by atoms with Crippen LogP contribution in [0, 0.1) is 5.92 Å². The predicted molar refractivity (Wildman–Crippen MR) is 54.1 cm³/mol. The van der Waals surface area contributed by atoms with Crippen molar-refractivity contribution in [1.82, 2.24) is 5.32 Å². The van der Waals surface area contributed by atoms with Gasteiger partial charge in [-0.25, -0.2) is 4.79 Å². The monoisotopic (exact) mass is 197 g/mol. The summed E-state index contributed by atoms with van der Waals surface area (Å²) >= 11 is 0. The van der Waals surface area contributed by atoms with Crippen molar-refractivity contribution in [2.24, 2.45) is 5.92 Å². The molecule has 1 N–H and O–H groups in total. The molecule has 2 fully saturated rings. The number of carbonyl (C=O) groups excluding carboxylic acids is 1. The summed E-state index contributed by atoms with van der Waals surface area (Å²) in [4.78, 5) is 11.5. The summed E-state index contributed by atoms with van der Waals surface area (Å²) in [6.07, 6.45) is 4.57. The Bertz CT molecular complexity index is 257. The van der Waals surface area contributed by atoms with Crippen molar-refractivity contribution >= 4 is 6.09 Å². The number of nitrogens with one attached hydrogen (secondary N) is 1. The van der Waals surface area contributed by atoms with Crippen LogP contribution >= 0.6 is 0 Å². The normalized spacial score (nSPS) is 34.9. The van der Waals surface area contributed by atoms with Crippen molar-refractivity contribution in [3.8, 4) is 0 Å². The fourth-order valence-corrected chi connectivity index (χ4v) is 2.45. The van der Waals surface area contributed by atoms with Crippen molar-refractivity contribution < 1.29 is 9.53 Å². The Labute approximate surface area is 85.2 Å². The summed E-state index contributed by atoms with van der Waals surface area (Å²) in [6, 6.07) is 0. The highest BCUT2D eigenvalue weighted by atomic mass is 16.6. The second kappa shape index (κ2) is 2.88. The highest BCUT2D eigenvalue weighted by molar-refractivity contribution is 5.69. The second-order valence-electron chi connectivity index (χ2n) is 5.58. The van der Waals surface area contributed by atoms with Gasteiger partial charge in [0.25, 0.3) is 0 Å². The molecule has 2 aliphatic carbocycles. The van der Waals surface area contributed by atoms with Gasteiger partial charge in [-0.05, 0) is 46.0 Å². The van der Waals surface area contributed by atoms with Gasteiger partial charge in [-0.1, -0.05) is 6.42 Å². The van der Waals surface area contributed by atoms with E-state index in [4.69, 9.17) is 4.74 Å². The van der Waals surface area contributed by atoms with Gasteiger partial charge in [-0.2, -0.15) is 0 Å². The number of alkyl carbamates (subject to hydrolysis) is 1. The zero-order chi connectivity index (χ0) is 10.4. The minimum atomic E-state index is -0.385. The quantitative estimate of drug-likeness (QED) is 0.701. The van der Waals surface area contributed by atoms with Crippen molar-refractivity contribution in [3.05, 3.63) is 0 Å². The summed E-state index contributed by atoms with van der Waals surface area (Å²) in [5.41, 5.74) is -0.258. The molecule has 1 amide bonds. The summed E-state index contributed by atoms with van der Waals surface area (Å²) in [7, 11) is 0. The minimum absolute atomic E-state index is 0.127. The third-order valence-corrected chi connectivity index (χ3v) is 3.16. The number of amides is 1. The minimum Gasteiger partial charge on any atom is -0.444 e. The van der Waals surface area contributed by atoms with E-state index in [1.165, 1.54) is 12.8 Å². The molecular weight excluding hydrogens is 178 g/mol. The third-order valence-electron chi connectivity index (χ3n) is 3.16. The van der Waals surface area contributed by atoms with Gasteiger partial charge in [0.1, 0.15) is 5.60 Å². The van der Waals surface area contributed by atoms with Crippen molar-refractivity contribution in [2.45, 2.75) is 57.6 Å². The number of ether oxygens (including phenoxy) is 1. The first-order valence-electron chi connectivity index (χ1n) is 5.42. The topological polar surface area (TPSA) is 38.3 Å². The predicted octanol–water partition coefficient (Wildman–Crippen LogP) is 2.45. The van der Waals surface area contributed by atoms with Gasteiger partial charge >= 0.3 is 6.09 Å². The first-order chi connectivity index (χ1) is 6.41. The Balaban J connectivity index is 1.84. The molecule has 0 saturated heterocycles. The maximum Gasteiger partial charge on any atom is 0.408 e. The van der Waals surface area contributed by atoms with Crippen LogP contribution in [0.3, 0.4) is 0 Å². The van der Waals surface area contributed by atoms with Crippen molar-refractivity contribution in [3.63, 3.8) is 0 Å². The van der Waals surface area contributed by atoms with Crippen LogP contribution < -0.4 is 5.32 Å². The third kappa shape index (κ3) is 1.86. The molecule has 3 nitrogen and oxygen atoms in total. The lowest BCUT2D eigenvalue weighted by molar-refractivity contribution is 0.0494. The van der Waals surface area contributed by atoms with Gasteiger partial charge in [0.05, 0.1) is 0 Å². The molecule has 0 aromatic rings. The number of carbonyl (C=O) groups is 1. The van der Waals surface area contributed by atoms with Crippen LogP contribution in [0.5, 0.6) is 0 Å². The Morgan fingerprint density at radius 2 is 2.21 bits per heavy atom. The van der Waals surface area contributed by atoms with E-state index in [1.54, 1.807) is 0 Å². The van der Waals surface area contributed by atoms with Gasteiger partial charge in [0.15, 0.2) is 0 Å². The van der Waals surface area contributed by atoms with Gasteiger partial charge in [0.2, 0.25) is 0 Å². The molecular formula is C11H19NO2. The van der Waals surface area contributed by atoms with E-state index in [9.17, 15) is 4.79 Å². The van der Waals surface area contributed by atoms with E-state index >= 15 is 0 Å². The highest BCUT2D eigenvalue weighted by Gasteiger charge is 2.58. The van der Waals surface area contributed by atoms with Crippen LogP contribution in [0.25, 0.3) is 0 Å². The van der Waals surface area contributed by atoms with Crippen LogP contribution in [-0.4, -0.2) is 17.2 Å². The average molecular weight is 197 g/mol. The van der Waals surface area contributed by atoms with Crippen LogP contribution in [0.15, 0.2) is 0 Å². The van der Waals surface area contributed by atoms with Gasteiger partial charge in [-0.3, -0.25) is 0 Å². The van der Waals surface area contributed by atoms with Crippen molar-refractivity contribution in [1.29, 1.82) is 0 Å². The average Bonchev–Trinajstić information content (AvgIpc) is 2.48. The molecule has 0 radical (unpaired) electrons. The molecule has 2 aliphatic rings. The summed E-state index contributed by atoms with van der Waals surface area (Å²) < 4.78 is 5.24. The fraction of sp³-hybridized carbons (Fsp3) is 0.909. The number of hydrogen-bond donors (Lipinski definition) is 1. The molecule has 80 valence electrons. The standard InChI is InChI=1S/C11H19NO2/c1-10(2,3)14-9(13)12-11-6-4-5-8(11)7-11/h8H,4-7H2,1-3H3,(H,12,13). The van der Waals surface area contributed by atoms with E-state index in [1.807, 2.05) is 20.8 Å². The molecule has 0 spiro atoms. The van der Waals surface area contributed by atoms with Gasteiger partial charge in [0, 0.05) is 5.54 Å². The summed E-state index contributed by atoms with van der Waals surface area (Å²) in [5.74, 6) is 0.731. The second-order valence-corrected chi connectivity index (χ2v) is 5.58. The fourth-order valence-electron chi connectivity index (χ4n) is 2.45. The lowest BCUT2D eigenvalue weighted by atomic mass is 10.2.